The Morgan fingerprint density at radius 3 is 2.74 bits per heavy atom. The van der Waals surface area contributed by atoms with Crippen LogP contribution >= 0.6 is 15.9 Å². The molecule has 1 aromatic heterocycles. The molecule has 0 radical (unpaired) electrons. The van der Waals surface area contributed by atoms with Crippen molar-refractivity contribution >= 4 is 15.9 Å². The van der Waals surface area contributed by atoms with E-state index in [4.69, 9.17) is 9.15 Å². The van der Waals surface area contributed by atoms with Gasteiger partial charge >= 0.3 is 0 Å². The van der Waals surface area contributed by atoms with Crippen molar-refractivity contribution in [3.05, 3.63) is 34.6 Å². The highest BCUT2D eigenvalue weighted by Crippen LogP contribution is 2.26. The Morgan fingerprint density at radius 2 is 1.95 bits per heavy atom. The molecule has 0 unspecified atom stereocenters. The average molecular weight is 324 g/mol. The Morgan fingerprint density at radius 1 is 1.16 bits per heavy atom. The third kappa shape index (κ3) is 3.02. The first kappa shape index (κ1) is 12.8. The Hall–Kier alpha value is -1.24. The van der Waals surface area contributed by atoms with E-state index < -0.39 is 0 Å². The second-order valence-corrected chi connectivity index (χ2v) is 5.22. The van der Waals surface area contributed by atoms with E-state index in [-0.39, 0.29) is 0 Å². The number of aromatic nitrogens is 2. The fourth-order valence-electron chi connectivity index (χ4n) is 2.01. The molecular weight excluding hydrogens is 310 g/mol. The Balaban J connectivity index is 1.74. The average Bonchev–Trinajstić information content (AvgIpc) is 2.89. The van der Waals surface area contributed by atoms with E-state index in [0.29, 0.717) is 18.3 Å². The van der Waals surface area contributed by atoms with Gasteiger partial charge < -0.3 is 9.15 Å². The van der Waals surface area contributed by atoms with Crippen LogP contribution in [0, 0.1) is 0 Å². The summed E-state index contributed by atoms with van der Waals surface area (Å²) < 4.78 is 12.0. The molecule has 0 N–H and O–H groups in total. The largest absolute Gasteiger partial charge is 0.419 e. The van der Waals surface area contributed by atoms with Gasteiger partial charge in [0.1, 0.15) is 0 Å². The summed E-state index contributed by atoms with van der Waals surface area (Å²) >= 11 is 3.49. The van der Waals surface area contributed by atoms with Crippen LogP contribution < -0.4 is 0 Å². The van der Waals surface area contributed by atoms with Crippen molar-refractivity contribution in [3.8, 4) is 11.5 Å². The fourth-order valence-corrected chi connectivity index (χ4v) is 2.47. The van der Waals surface area contributed by atoms with Gasteiger partial charge in [0.25, 0.3) is 0 Å². The fraction of sp³-hybridized carbons (Fsp3) is 0.385. The second-order valence-electron chi connectivity index (χ2n) is 4.37. The van der Waals surface area contributed by atoms with Gasteiger partial charge in [0, 0.05) is 17.6 Å². The first-order chi connectivity index (χ1) is 9.33. The molecule has 5 nitrogen and oxygen atoms in total. The van der Waals surface area contributed by atoms with Gasteiger partial charge in [-0.15, -0.1) is 10.2 Å². The van der Waals surface area contributed by atoms with Crippen LogP contribution in [0.15, 0.2) is 33.2 Å². The number of hydrogen-bond donors (Lipinski definition) is 0. The molecule has 0 bridgehead atoms. The monoisotopic (exact) mass is 323 g/mol. The Labute approximate surface area is 119 Å². The highest BCUT2D eigenvalue weighted by atomic mass is 79.9. The number of halogens is 1. The van der Waals surface area contributed by atoms with Gasteiger partial charge in [0.2, 0.25) is 11.8 Å². The normalized spacial score (nSPS) is 16.7. The maximum Gasteiger partial charge on any atom is 0.248 e. The summed E-state index contributed by atoms with van der Waals surface area (Å²) in [6.45, 7) is 4.04. The molecule has 3 rings (SSSR count). The van der Waals surface area contributed by atoms with Gasteiger partial charge in [-0.1, -0.05) is 12.1 Å². The maximum atomic E-state index is 5.72. The van der Waals surface area contributed by atoms with Crippen molar-refractivity contribution in [1.82, 2.24) is 15.1 Å². The van der Waals surface area contributed by atoms with Crippen LogP contribution in [-0.2, 0) is 11.3 Å². The molecule has 0 aliphatic carbocycles. The zero-order valence-corrected chi connectivity index (χ0v) is 12.0. The molecule has 100 valence electrons. The molecule has 6 heteroatoms. The van der Waals surface area contributed by atoms with Crippen molar-refractivity contribution in [2.45, 2.75) is 6.54 Å². The number of hydrogen-bond acceptors (Lipinski definition) is 5. The molecule has 1 saturated heterocycles. The quantitative estimate of drug-likeness (QED) is 0.867. The van der Waals surface area contributed by atoms with E-state index in [1.165, 1.54) is 0 Å². The summed E-state index contributed by atoms with van der Waals surface area (Å²) in [5.74, 6) is 1.20. The van der Waals surface area contributed by atoms with Crippen LogP contribution in [0.25, 0.3) is 11.5 Å². The van der Waals surface area contributed by atoms with E-state index in [9.17, 15) is 0 Å². The summed E-state index contributed by atoms with van der Waals surface area (Å²) in [5.41, 5.74) is 0.920. The lowest BCUT2D eigenvalue weighted by Gasteiger charge is -2.24. The molecule has 1 fully saturated rings. The smallest absolute Gasteiger partial charge is 0.248 e. The number of morpholine rings is 1. The van der Waals surface area contributed by atoms with E-state index in [2.05, 4.69) is 31.0 Å². The summed E-state index contributed by atoms with van der Waals surface area (Å²) in [4.78, 5) is 2.25. The van der Waals surface area contributed by atoms with Crippen LogP contribution in [0.4, 0.5) is 0 Å². The molecule has 1 aliphatic rings. The number of ether oxygens (including phenoxy) is 1. The number of rotatable bonds is 3. The first-order valence-electron chi connectivity index (χ1n) is 6.20. The van der Waals surface area contributed by atoms with Crippen LogP contribution in [0.3, 0.4) is 0 Å². The van der Waals surface area contributed by atoms with Crippen LogP contribution in [0.5, 0.6) is 0 Å². The zero-order valence-electron chi connectivity index (χ0n) is 10.4. The molecule has 0 atom stereocenters. The van der Waals surface area contributed by atoms with Crippen molar-refractivity contribution in [1.29, 1.82) is 0 Å². The first-order valence-corrected chi connectivity index (χ1v) is 6.99. The molecule has 0 amide bonds. The minimum absolute atomic E-state index is 0.552. The van der Waals surface area contributed by atoms with Crippen molar-refractivity contribution in [2.24, 2.45) is 0 Å². The van der Waals surface area contributed by atoms with Crippen LogP contribution in [-0.4, -0.2) is 41.4 Å². The lowest BCUT2D eigenvalue weighted by atomic mass is 10.2. The molecular formula is C13H14BrN3O2. The molecule has 1 aromatic carbocycles. The van der Waals surface area contributed by atoms with Crippen molar-refractivity contribution in [3.63, 3.8) is 0 Å². The van der Waals surface area contributed by atoms with Gasteiger partial charge in [-0.25, -0.2) is 0 Å². The molecule has 0 saturated carbocycles. The summed E-state index contributed by atoms with van der Waals surface area (Å²) in [6, 6.07) is 7.82. The number of benzene rings is 1. The minimum Gasteiger partial charge on any atom is -0.419 e. The van der Waals surface area contributed by atoms with Crippen LogP contribution in [0.2, 0.25) is 0 Å². The topological polar surface area (TPSA) is 51.4 Å². The lowest BCUT2D eigenvalue weighted by molar-refractivity contribution is 0.0306. The van der Waals surface area contributed by atoms with Gasteiger partial charge in [0.15, 0.2) is 0 Å². The van der Waals surface area contributed by atoms with E-state index in [1.54, 1.807) is 0 Å². The standard InChI is InChI=1S/C13H14BrN3O2/c14-11-4-2-1-3-10(11)13-16-15-12(19-13)9-17-5-7-18-8-6-17/h1-4H,5-9H2. The molecule has 2 heterocycles. The maximum absolute atomic E-state index is 5.72. The minimum atomic E-state index is 0.552. The predicted molar refractivity (Wildman–Crippen MR) is 73.5 cm³/mol. The van der Waals surface area contributed by atoms with Gasteiger partial charge in [-0.3, -0.25) is 4.90 Å². The van der Waals surface area contributed by atoms with Crippen molar-refractivity contribution in [2.75, 3.05) is 26.3 Å². The van der Waals surface area contributed by atoms with E-state index in [1.807, 2.05) is 24.3 Å². The van der Waals surface area contributed by atoms with Gasteiger partial charge in [-0.05, 0) is 28.1 Å². The second kappa shape index (κ2) is 5.81. The van der Waals surface area contributed by atoms with Gasteiger partial charge in [0.05, 0.1) is 25.3 Å². The zero-order chi connectivity index (χ0) is 13.1. The third-order valence-corrected chi connectivity index (χ3v) is 3.73. The number of nitrogens with zero attached hydrogens (tertiary/aromatic N) is 3. The Bertz CT molecular complexity index is 552. The van der Waals surface area contributed by atoms with Crippen LogP contribution in [0.1, 0.15) is 5.89 Å². The summed E-state index contributed by atoms with van der Waals surface area (Å²) in [7, 11) is 0. The van der Waals surface area contributed by atoms with E-state index in [0.717, 1.165) is 36.3 Å². The molecule has 2 aromatic rings. The molecule has 19 heavy (non-hydrogen) atoms. The van der Waals surface area contributed by atoms with Gasteiger partial charge in [-0.2, -0.15) is 0 Å². The van der Waals surface area contributed by atoms with E-state index >= 15 is 0 Å². The predicted octanol–water partition coefficient (Wildman–Crippen LogP) is 2.33. The molecule has 1 aliphatic heterocycles. The molecule has 0 spiro atoms. The van der Waals surface area contributed by atoms with Crippen molar-refractivity contribution < 1.29 is 9.15 Å². The highest BCUT2D eigenvalue weighted by Gasteiger charge is 2.16. The summed E-state index contributed by atoms with van der Waals surface area (Å²) in [6.07, 6.45) is 0. The summed E-state index contributed by atoms with van der Waals surface area (Å²) in [5, 5.41) is 8.22. The lowest BCUT2D eigenvalue weighted by Crippen LogP contribution is -2.35. The SMILES string of the molecule is Brc1ccccc1-c1nnc(CN2CCOCC2)o1. The highest BCUT2D eigenvalue weighted by molar-refractivity contribution is 9.10. The Kier molecular flexibility index (Phi) is 3.91. The third-order valence-electron chi connectivity index (χ3n) is 3.03.